The normalized spacial score (nSPS) is 19.1. The zero-order valence-corrected chi connectivity index (χ0v) is 30.9. The third-order valence-electron chi connectivity index (χ3n) is 11.8. The predicted molar refractivity (Wildman–Crippen MR) is 221 cm³/mol. The number of benzene rings is 3. The second-order valence-corrected chi connectivity index (χ2v) is 15.8. The van der Waals surface area contributed by atoms with Crippen LogP contribution in [0.4, 0.5) is 0 Å². The van der Waals surface area contributed by atoms with Crippen molar-refractivity contribution in [1.82, 2.24) is 28.9 Å². The van der Waals surface area contributed by atoms with Crippen molar-refractivity contribution >= 4 is 33.5 Å². The van der Waals surface area contributed by atoms with E-state index in [2.05, 4.69) is 161 Å². The molecule has 1 spiro atoms. The molecule has 0 bridgehead atoms. The molecule has 0 aliphatic carbocycles. The lowest BCUT2D eigenvalue weighted by Crippen LogP contribution is -2.74. The first-order valence-corrected chi connectivity index (χ1v) is 19.0. The summed E-state index contributed by atoms with van der Waals surface area (Å²) >= 11 is 0. The molecule has 4 aromatic rings. The van der Waals surface area contributed by atoms with Gasteiger partial charge in [0.1, 0.15) is 17.2 Å². The van der Waals surface area contributed by atoms with Crippen LogP contribution >= 0.6 is 0 Å². The molecule has 1 saturated heterocycles. The van der Waals surface area contributed by atoms with Crippen LogP contribution in [0.1, 0.15) is 48.8 Å². The van der Waals surface area contributed by atoms with E-state index in [1.165, 1.54) is 5.47 Å². The third kappa shape index (κ3) is 4.57. The molecule has 11 rings (SSSR count). The van der Waals surface area contributed by atoms with E-state index in [1.807, 2.05) is 42.6 Å². The van der Waals surface area contributed by atoms with Gasteiger partial charge in [-0.2, -0.15) is 4.98 Å². The number of para-hydroxylation sites is 3. The Balaban J connectivity index is 1.13. The summed E-state index contributed by atoms with van der Waals surface area (Å²) in [6.45, 7) is 6.71. The fraction of sp³-hybridized carbons (Fsp3) is 0.116. The van der Waals surface area contributed by atoms with Crippen LogP contribution in [-0.4, -0.2) is 56.8 Å². The van der Waals surface area contributed by atoms with Gasteiger partial charge in [-0.3, -0.25) is 0 Å². The van der Waals surface area contributed by atoms with E-state index >= 15 is 0 Å². The van der Waals surface area contributed by atoms with Gasteiger partial charge in [0.25, 0.3) is 0 Å². The van der Waals surface area contributed by atoms with E-state index in [4.69, 9.17) is 19.4 Å². The van der Waals surface area contributed by atoms with Crippen LogP contribution < -0.4 is 9.47 Å². The first-order chi connectivity index (χ1) is 26.9. The Bertz CT molecular complexity index is 2440. The lowest BCUT2D eigenvalue weighted by atomic mass is 9.38. The predicted octanol–water partition coefficient (Wildman–Crippen LogP) is 7.98. The average Bonchev–Trinajstić information content (AvgIpc) is 3.22. The van der Waals surface area contributed by atoms with Crippen molar-refractivity contribution in [2.75, 3.05) is 0 Å². The zero-order chi connectivity index (χ0) is 36.9. The highest BCUT2D eigenvalue weighted by Gasteiger charge is 2.55. The number of rotatable bonds is 1. The minimum absolute atomic E-state index is 0.0353. The molecule has 0 amide bonds. The summed E-state index contributed by atoms with van der Waals surface area (Å²) in [6.07, 6.45) is 26.0. The quantitative estimate of drug-likeness (QED) is 0.159. The smallest absolute Gasteiger partial charge is 0.385 e. The van der Waals surface area contributed by atoms with Crippen molar-refractivity contribution in [3.05, 3.63) is 198 Å². The standard InChI is InChI=1S/C43H36B4N6O2/c1-42(2,3)39-31(22-29-53-46-25-11-14-27-51(46)44-23-10-13-26-50(44)45-24-12-15-28-52(45)47(39)53)40-48-30-35-41(49-40)55-38-21-9-6-18-34(38)43(35)32-16-4-7-19-36(32)54-37-20-8-5-17-33(37)43/h4-30H,1-3H3. The van der Waals surface area contributed by atoms with Crippen LogP contribution in [0.15, 0.2) is 170 Å². The Labute approximate surface area is 323 Å². The molecule has 262 valence electrons. The molecule has 3 aromatic carbocycles. The molecular formula is C43H36B4N6O2. The minimum atomic E-state index is -0.747. The van der Waals surface area contributed by atoms with Gasteiger partial charge in [0.2, 0.25) is 5.88 Å². The van der Waals surface area contributed by atoms with Gasteiger partial charge in [0.05, 0.1) is 11.0 Å². The molecule has 8 nitrogen and oxygen atoms in total. The van der Waals surface area contributed by atoms with Gasteiger partial charge in [0, 0.05) is 28.5 Å². The van der Waals surface area contributed by atoms with Gasteiger partial charge < -0.3 is 28.4 Å². The number of hydrogen-bond donors (Lipinski definition) is 0. The Morgan fingerprint density at radius 2 is 1.05 bits per heavy atom. The molecule has 8 heterocycles. The molecular weight excluding hydrogens is 676 g/mol. The Kier molecular flexibility index (Phi) is 6.94. The Morgan fingerprint density at radius 3 is 1.62 bits per heavy atom. The van der Waals surface area contributed by atoms with Crippen LogP contribution in [0.5, 0.6) is 23.1 Å². The Morgan fingerprint density at radius 1 is 0.564 bits per heavy atom. The van der Waals surface area contributed by atoms with Crippen LogP contribution in [0.25, 0.3) is 5.57 Å². The first kappa shape index (κ1) is 32.2. The number of aromatic nitrogens is 2. The largest absolute Gasteiger partial charge is 0.457 e. The van der Waals surface area contributed by atoms with Crippen LogP contribution in [0.2, 0.25) is 0 Å². The van der Waals surface area contributed by atoms with E-state index < -0.39 is 5.41 Å². The summed E-state index contributed by atoms with van der Waals surface area (Å²) in [6, 6.07) is 24.9. The maximum absolute atomic E-state index is 6.82. The van der Waals surface area contributed by atoms with Crippen LogP contribution in [-0.2, 0) is 5.41 Å². The molecule has 0 unspecified atom stereocenters. The maximum atomic E-state index is 6.82. The molecule has 0 radical (unpaired) electrons. The van der Waals surface area contributed by atoms with Crippen molar-refractivity contribution < 1.29 is 9.47 Å². The van der Waals surface area contributed by atoms with E-state index in [1.54, 1.807) is 0 Å². The molecule has 7 aliphatic rings. The number of ether oxygens (including phenoxy) is 2. The van der Waals surface area contributed by atoms with E-state index in [0.29, 0.717) is 11.7 Å². The summed E-state index contributed by atoms with van der Waals surface area (Å²) in [7, 11) is 0. The van der Waals surface area contributed by atoms with Crippen molar-refractivity contribution in [3.8, 4) is 23.1 Å². The van der Waals surface area contributed by atoms with Crippen molar-refractivity contribution in [2.45, 2.75) is 26.2 Å². The number of allylic oxidation sites excluding steroid dienone is 9. The molecule has 0 saturated carbocycles. The molecule has 0 N–H and O–H groups in total. The molecule has 55 heavy (non-hydrogen) atoms. The van der Waals surface area contributed by atoms with Crippen molar-refractivity contribution in [3.63, 3.8) is 0 Å². The number of hydrogen-bond acceptors (Lipinski definition) is 8. The fourth-order valence-electron chi connectivity index (χ4n) is 9.64. The fourth-order valence-corrected chi connectivity index (χ4v) is 9.64. The number of fused-ring (bicyclic) bond motifs is 16. The van der Waals surface area contributed by atoms with Crippen LogP contribution in [0, 0.1) is 5.41 Å². The summed E-state index contributed by atoms with van der Waals surface area (Å²) in [5, 5.41) is 0. The zero-order valence-electron chi connectivity index (χ0n) is 30.9. The molecule has 1 fully saturated rings. The summed E-state index contributed by atoms with van der Waals surface area (Å²) in [5.41, 5.74) is 5.20. The van der Waals surface area contributed by atoms with E-state index in [0.717, 1.165) is 45.1 Å². The molecule has 12 heteroatoms. The van der Waals surface area contributed by atoms with Crippen LogP contribution in [0.3, 0.4) is 0 Å². The van der Waals surface area contributed by atoms with Crippen molar-refractivity contribution in [2.24, 2.45) is 5.41 Å². The van der Waals surface area contributed by atoms with Gasteiger partial charge >= 0.3 is 27.9 Å². The third-order valence-corrected chi connectivity index (χ3v) is 11.8. The first-order valence-electron chi connectivity index (χ1n) is 19.0. The molecule has 0 atom stereocenters. The van der Waals surface area contributed by atoms with Gasteiger partial charge in [-0.05, 0) is 78.2 Å². The minimum Gasteiger partial charge on any atom is -0.457 e. The molecule has 7 aliphatic heterocycles. The van der Waals surface area contributed by atoms with E-state index in [9.17, 15) is 0 Å². The highest BCUT2D eigenvalue weighted by atomic mass is 16.5. The lowest BCUT2D eigenvalue weighted by Gasteiger charge is -2.55. The van der Waals surface area contributed by atoms with Crippen molar-refractivity contribution in [1.29, 1.82) is 0 Å². The second kappa shape index (κ2) is 11.9. The highest BCUT2D eigenvalue weighted by Crippen LogP contribution is 2.61. The summed E-state index contributed by atoms with van der Waals surface area (Å²) < 4.78 is 23.2. The van der Waals surface area contributed by atoms with Gasteiger partial charge in [-0.25, -0.2) is 4.98 Å². The van der Waals surface area contributed by atoms with E-state index in [-0.39, 0.29) is 33.3 Å². The monoisotopic (exact) mass is 712 g/mol. The second-order valence-electron chi connectivity index (χ2n) is 15.8. The highest BCUT2D eigenvalue weighted by molar-refractivity contribution is 6.93. The summed E-state index contributed by atoms with van der Waals surface area (Å²) in [5.74, 6) is 10.4. The topological polar surface area (TPSA) is 57.2 Å². The van der Waals surface area contributed by atoms with Gasteiger partial charge in [0.15, 0.2) is 5.82 Å². The molecule has 1 aromatic heterocycles. The SMILES string of the molecule is CC(C)(C)C1=C(c2ncc3c(n2)Oc2ccccc2C32c3ccccc3Oc3ccccc32)C=CN2B3C=CC=CN3B3C=CC=CN3B3C=CC=CN3B12. The maximum Gasteiger partial charge on any atom is 0.385 e. The average molecular weight is 712 g/mol. The lowest BCUT2D eigenvalue weighted by molar-refractivity contribution is 0.387. The Hall–Kier alpha value is -6.28. The summed E-state index contributed by atoms with van der Waals surface area (Å²) in [4.78, 5) is 10.7. The van der Waals surface area contributed by atoms with Gasteiger partial charge in [-0.15, -0.1) is 0 Å². The van der Waals surface area contributed by atoms with Gasteiger partial charge in [-0.1, -0.05) is 112 Å². The number of nitrogens with zero attached hydrogens (tertiary/aromatic N) is 6.